The zero-order valence-corrected chi connectivity index (χ0v) is 18.3. The Morgan fingerprint density at radius 2 is 2.19 bits per heavy atom. The highest BCUT2D eigenvalue weighted by atomic mass is 127. The molecule has 3 rings (SSSR count). The molecule has 0 radical (unpaired) electrons. The second-order valence-corrected chi connectivity index (χ2v) is 6.28. The van der Waals surface area contributed by atoms with Crippen LogP contribution in [0.15, 0.2) is 35.7 Å². The van der Waals surface area contributed by atoms with Crippen LogP contribution in [0.3, 0.4) is 0 Å². The smallest absolute Gasteiger partial charge is 0.246 e. The van der Waals surface area contributed by atoms with E-state index in [4.69, 9.17) is 0 Å². The van der Waals surface area contributed by atoms with Gasteiger partial charge in [0.15, 0.2) is 5.96 Å². The topological polar surface area (TPSA) is 78.7 Å². The van der Waals surface area contributed by atoms with Crippen LogP contribution in [-0.4, -0.2) is 57.7 Å². The van der Waals surface area contributed by atoms with E-state index >= 15 is 0 Å². The zero-order chi connectivity index (χ0) is 18.5. The van der Waals surface area contributed by atoms with Gasteiger partial charge in [-0.05, 0) is 25.5 Å². The molecule has 146 valence electrons. The lowest BCUT2D eigenvalue weighted by molar-refractivity contribution is -0.120. The predicted molar refractivity (Wildman–Crippen MR) is 116 cm³/mol. The number of hydrogen-bond donors (Lipinski definition) is 1. The monoisotopic (exact) mass is 483 g/mol. The van der Waals surface area contributed by atoms with E-state index in [1.807, 2.05) is 44.1 Å². The lowest BCUT2D eigenvalue weighted by Gasteiger charge is -2.35. The molecule has 27 heavy (non-hydrogen) atoms. The number of piperazine rings is 1. The van der Waals surface area contributed by atoms with Crippen LogP contribution in [0.5, 0.6) is 0 Å². The molecule has 9 heteroatoms. The number of carbonyl (C=O) groups is 1. The summed E-state index contributed by atoms with van der Waals surface area (Å²) in [5.74, 6) is 0.792. The fourth-order valence-corrected chi connectivity index (χ4v) is 2.93. The van der Waals surface area contributed by atoms with Crippen LogP contribution in [-0.2, 0) is 18.4 Å². The van der Waals surface area contributed by atoms with Crippen molar-refractivity contribution in [1.82, 2.24) is 25.0 Å². The van der Waals surface area contributed by atoms with Crippen molar-refractivity contribution in [2.45, 2.75) is 20.4 Å². The maximum Gasteiger partial charge on any atom is 0.246 e. The van der Waals surface area contributed by atoms with Crippen LogP contribution >= 0.6 is 24.0 Å². The number of pyridine rings is 1. The Morgan fingerprint density at radius 1 is 1.37 bits per heavy atom. The van der Waals surface area contributed by atoms with Crippen molar-refractivity contribution in [2.24, 2.45) is 12.0 Å². The van der Waals surface area contributed by atoms with Crippen molar-refractivity contribution < 1.29 is 4.79 Å². The molecule has 0 atom stereocenters. The number of halogens is 1. The van der Waals surface area contributed by atoms with E-state index in [9.17, 15) is 4.79 Å². The minimum absolute atomic E-state index is 0. The van der Waals surface area contributed by atoms with Gasteiger partial charge in [0, 0.05) is 39.1 Å². The second-order valence-electron chi connectivity index (χ2n) is 6.28. The van der Waals surface area contributed by atoms with E-state index in [1.54, 1.807) is 22.0 Å². The largest absolute Gasteiger partial charge is 0.356 e. The summed E-state index contributed by atoms with van der Waals surface area (Å²) in [7, 11) is 1.85. The van der Waals surface area contributed by atoms with Crippen LogP contribution in [0.1, 0.15) is 18.2 Å². The van der Waals surface area contributed by atoms with E-state index < -0.39 is 0 Å². The standard InChI is InChI=1S/C18H25N7O.HI/c1-4-19-18(21-11-16-14(2)6-5-7-20-16)24-8-9-25(17(26)13-24)15-10-22-23(3)12-15;/h5-7,10,12H,4,8-9,11,13H2,1-3H3,(H,19,21);1H. The maximum absolute atomic E-state index is 12.6. The van der Waals surface area contributed by atoms with Gasteiger partial charge >= 0.3 is 0 Å². The summed E-state index contributed by atoms with van der Waals surface area (Å²) in [6.07, 6.45) is 5.36. The van der Waals surface area contributed by atoms with Crippen LogP contribution in [0.4, 0.5) is 5.69 Å². The van der Waals surface area contributed by atoms with Gasteiger partial charge in [0.2, 0.25) is 5.91 Å². The van der Waals surface area contributed by atoms with Gasteiger partial charge in [0.05, 0.1) is 24.1 Å². The highest BCUT2D eigenvalue weighted by Gasteiger charge is 2.27. The SMILES string of the molecule is CCNC(=NCc1ncccc1C)N1CCN(c2cnn(C)c2)C(=O)C1.I. The fourth-order valence-electron chi connectivity index (χ4n) is 2.93. The van der Waals surface area contributed by atoms with Crippen LogP contribution in [0.25, 0.3) is 0 Å². The molecule has 0 spiro atoms. The highest BCUT2D eigenvalue weighted by molar-refractivity contribution is 14.0. The average Bonchev–Trinajstić information content (AvgIpc) is 3.06. The Morgan fingerprint density at radius 3 is 2.81 bits per heavy atom. The zero-order valence-electron chi connectivity index (χ0n) is 15.9. The van der Waals surface area contributed by atoms with Gasteiger partial charge in [0.25, 0.3) is 0 Å². The van der Waals surface area contributed by atoms with Gasteiger partial charge in [-0.2, -0.15) is 5.10 Å². The van der Waals surface area contributed by atoms with Crippen LogP contribution in [0, 0.1) is 6.92 Å². The molecule has 0 bridgehead atoms. The molecule has 0 aromatic carbocycles. The third-order valence-electron chi connectivity index (χ3n) is 4.35. The van der Waals surface area contributed by atoms with Gasteiger partial charge in [-0.15, -0.1) is 24.0 Å². The van der Waals surface area contributed by atoms with Gasteiger partial charge < -0.3 is 15.1 Å². The number of carbonyl (C=O) groups excluding carboxylic acids is 1. The van der Waals surface area contributed by atoms with Crippen LogP contribution < -0.4 is 10.2 Å². The quantitative estimate of drug-likeness (QED) is 0.406. The third kappa shape index (κ3) is 5.18. The lowest BCUT2D eigenvalue weighted by atomic mass is 10.2. The van der Waals surface area contributed by atoms with Crippen molar-refractivity contribution in [2.75, 3.05) is 31.1 Å². The van der Waals surface area contributed by atoms with E-state index in [1.165, 1.54) is 0 Å². The number of amides is 1. The summed E-state index contributed by atoms with van der Waals surface area (Å²) >= 11 is 0. The van der Waals surface area contributed by atoms with Gasteiger partial charge in [-0.25, -0.2) is 4.99 Å². The molecule has 0 saturated carbocycles. The first-order valence-electron chi connectivity index (χ1n) is 8.81. The average molecular weight is 483 g/mol. The van der Waals surface area contributed by atoms with E-state index in [2.05, 4.69) is 20.4 Å². The fraction of sp³-hybridized carbons (Fsp3) is 0.444. The number of nitrogens with one attached hydrogen (secondary N) is 1. The molecule has 1 amide bonds. The molecule has 1 aliphatic rings. The highest BCUT2D eigenvalue weighted by Crippen LogP contribution is 2.16. The maximum atomic E-state index is 12.6. The number of aromatic nitrogens is 3. The number of aryl methyl sites for hydroxylation is 2. The molecule has 2 aromatic heterocycles. The number of rotatable bonds is 4. The molecule has 8 nitrogen and oxygen atoms in total. The third-order valence-corrected chi connectivity index (χ3v) is 4.35. The van der Waals surface area contributed by atoms with Crippen molar-refractivity contribution in [3.63, 3.8) is 0 Å². The molecule has 0 unspecified atom stereocenters. The number of aliphatic imine (C=N–C) groups is 1. The van der Waals surface area contributed by atoms with Gasteiger partial charge in [0.1, 0.15) is 6.54 Å². The molecule has 1 saturated heterocycles. The second kappa shape index (κ2) is 9.67. The first-order valence-corrected chi connectivity index (χ1v) is 8.81. The molecule has 1 aliphatic heterocycles. The van der Waals surface area contributed by atoms with E-state index in [0.29, 0.717) is 26.2 Å². The Hall–Kier alpha value is -2.17. The first kappa shape index (κ1) is 21.1. The molecule has 1 N–H and O–H groups in total. The van der Waals surface area contributed by atoms with Crippen molar-refractivity contribution >= 4 is 41.5 Å². The van der Waals surface area contributed by atoms with E-state index in [0.717, 1.165) is 29.4 Å². The molecule has 1 fully saturated rings. The number of hydrogen-bond acceptors (Lipinski definition) is 4. The summed E-state index contributed by atoms with van der Waals surface area (Å²) in [6.45, 7) is 6.91. The molecule has 3 heterocycles. The Kier molecular flexibility index (Phi) is 7.57. The Balaban J connectivity index is 0.00000261. The first-order chi connectivity index (χ1) is 12.6. The summed E-state index contributed by atoms with van der Waals surface area (Å²) < 4.78 is 1.70. The Labute approximate surface area is 176 Å². The molecular weight excluding hydrogens is 457 g/mol. The van der Waals surface area contributed by atoms with E-state index in [-0.39, 0.29) is 29.9 Å². The molecule has 0 aliphatic carbocycles. The number of guanidine groups is 1. The van der Waals surface area contributed by atoms with Gasteiger partial charge in [-0.3, -0.25) is 14.5 Å². The minimum atomic E-state index is 0. The van der Waals surface area contributed by atoms with Crippen molar-refractivity contribution in [3.8, 4) is 0 Å². The minimum Gasteiger partial charge on any atom is -0.356 e. The summed E-state index contributed by atoms with van der Waals surface area (Å²) in [4.78, 5) is 25.4. The van der Waals surface area contributed by atoms with Crippen LogP contribution in [0.2, 0.25) is 0 Å². The van der Waals surface area contributed by atoms with Crippen molar-refractivity contribution in [1.29, 1.82) is 0 Å². The Bertz CT molecular complexity index is 805. The number of anilines is 1. The summed E-state index contributed by atoms with van der Waals surface area (Å²) in [6, 6.07) is 3.95. The van der Waals surface area contributed by atoms with Gasteiger partial charge in [-0.1, -0.05) is 6.07 Å². The lowest BCUT2D eigenvalue weighted by Crippen LogP contribution is -2.55. The normalized spacial score (nSPS) is 14.9. The molecular formula is C18H26IN7O. The summed E-state index contributed by atoms with van der Waals surface area (Å²) in [5.41, 5.74) is 2.90. The van der Waals surface area contributed by atoms with Crippen molar-refractivity contribution in [3.05, 3.63) is 42.0 Å². The predicted octanol–water partition coefficient (Wildman–Crippen LogP) is 1.56. The number of nitrogens with zero attached hydrogens (tertiary/aromatic N) is 6. The molecule has 2 aromatic rings. The summed E-state index contributed by atoms with van der Waals surface area (Å²) in [5, 5.41) is 7.43.